The van der Waals surface area contributed by atoms with E-state index in [9.17, 15) is 24.2 Å². The number of aliphatic carboxylic acids is 1. The number of ether oxygens (including phenoxy) is 1. The summed E-state index contributed by atoms with van der Waals surface area (Å²) in [5, 5.41) is 19.5. The monoisotopic (exact) mass is 449 g/mol. The van der Waals surface area contributed by atoms with Crippen LogP contribution in [0.5, 0.6) is 5.75 Å². The number of fused-ring (bicyclic) bond motifs is 1. The van der Waals surface area contributed by atoms with Crippen LogP contribution in [0.1, 0.15) is 35.3 Å². The minimum absolute atomic E-state index is 0.00623. The Morgan fingerprint density at radius 3 is 2.61 bits per heavy atom. The average Bonchev–Trinajstić information content (AvgIpc) is 2.72. The number of halogens is 2. The molecule has 2 atom stereocenters. The van der Waals surface area contributed by atoms with Gasteiger partial charge in [0.15, 0.2) is 5.78 Å². The van der Waals surface area contributed by atoms with Crippen molar-refractivity contribution in [3.05, 3.63) is 57.9 Å². The van der Waals surface area contributed by atoms with E-state index in [4.69, 9.17) is 16.3 Å². The maximum atomic E-state index is 14.5. The summed E-state index contributed by atoms with van der Waals surface area (Å²) in [6.07, 6.45) is 0.113. The van der Waals surface area contributed by atoms with E-state index in [0.29, 0.717) is 22.6 Å². The smallest absolute Gasteiger partial charge is 0.316 e. The predicted octanol–water partition coefficient (Wildman–Crippen LogP) is 3.80. The van der Waals surface area contributed by atoms with Gasteiger partial charge in [-0.2, -0.15) is 0 Å². The van der Waals surface area contributed by atoms with Crippen LogP contribution in [0, 0.1) is 17.7 Å². The van der Waals surface area contributed by atoms with Gasteiger partial charge in [-0.1, -0.05) is 37.6 Å². The minimum Gasteiger partial charge on any atom is -0.496 e. The molecule has 166 valence electrons. The van der Waals surface area contributed by atoms with Crippen LogP contribution in [-0.4, -0.2) is 48.3 Å². The Bertz CT molecular complexity index is 1010. The van der Waals surface area contributed by atoms with Gasteiger partial charge >= 0.3 is 5.97 Å². The van der Waals surface area contributed by atoms with Gasteiger partial charge in [0.05, 0.1) is 30.5 Å². The maximum Gasteiger partial charge on any atom is 0.316 e. The highest BCUT2D eigenvalue weighted by atomic mass is 35.5. The van der Waals surface area contributed by atoms with Crippen molar-refractivity contribution in [3.8, 4) is 5.75 Å². The summed E-state index contributed by atoms with van der Waals surface area (Å²) < 4.78 is 20.0. The Morgan fingerprint density at radius 1 is 1.32 bits per heavy atom. The van der Waals surface area contributed by atoms with Crippen LogP contribution in [0.15, 0.2) is 30.3 Å². The first-order valence-electron chi connectivity index (χ1n) is 9.97. The summed E-state index contributed by atoms with van der Waals surface area (Å²) in [4.78, 5) is 26.5. The van der Waals surface area contributed by atoms with Crippen LogP contribution >= 0.6 is 11.6 Å². The predicted molar refractivity (Wildman–Crippen MR) is 116 cm³/mol. The molecule has 0 saturated heterocycles. The van der Waals surface area contributed by atoms with Crippen molar-refractivity contribution in [1.29, 1.82) is 0 Å². The molecule has 0 fully saturated rings. The lowest BCUT2D eigenvalue weighted by molar-refractivity contribution is -0.139. The number of carbonyl (C=O) groups excluding carboxylic acids is 1. The summed E-state index contributed by atoms with van der Waals surface area (Å²) in [6.45, 7) is 3.59. The second-order valence-corrected chi connectivity index (χ2v) is 8.38. The topological polar surface area (TPSA) is 87.1 Å². The summed E-state index contributed by atoms with van der Waals surface area (Å²) >= 11 is 5.89. The van der Waals surface area contributed by atoms with Crippen molar-refractivity contribution >= 4 is 29.0 Å². The van der Waals surface area contributed by atoms with E-state index in [1.54, 1.807) is 29.2 Å². The second-order valence-electron chi connectivity index (χ2n) is 7.97. The number of aliphatic hydroxyl groups excluding tert-OH is 1. The number of rotatable bonds is 7. The lowest BCUT2D eigenvalue weighted by Gasteiger charge is -2.41. The molecule has 31 heavy (non-hydrogen) atoms. The van der Waals surface area contributed by atoms with Crippen molar-refractivity contribution in [2.75, 3.05) is 25.2 Å². The van der Waals surface area contributed by atoms with Crippen molar-refractivity contribution in [2.24, 2.45) is 11.8 Å². The average molecular weight is 450 g/mol. The lowest BCUT2D eigenvalue weighted by atomic mass is 9.86. The fraction of sp³-hybridized carbons (Fsp3) is 0.391. The van der Waals surface area contributed by atoms with E-state index in [0.717, 1.165) is 0 Å². The van der Waals surface area contributed by atoms with Gasteiger partial charge in [0.2, 0.25) is 0 Å². The largest absolute Gasteiger partial charge is 0.496 e. The van der Waals surface area contributed by atoms with Gasteiger partial charge in [0.1, 0.15) is 17.5 Å². The van der Waals surface area contributed by atoms with Crippen LogP contribution in [0.2, 0.25) is 5.02 Å². The van der Waals surface area contributed by atoms with E-state index in [1.165, 1.54) is 13.2 Å². The Morgan fingerprint density at radius 2 is 2.03 bits per heavy atom. The number of carboxylic acids is 1. The first-order valence-corrected chi connectivity index (χ1v) is 10.4. The summed E-state index contributed by atoms with van der Waals surface area (Å²) in [6, 6.07) is 7.52. The zero-order valence-electron chi connectivity index (χ0n) is 17.6. The zero-order chi connectivity index (χ0) is 22.9. The van der Waals surface area contributed by atoms with E-state index in [-0.39, 0.29) is 42.1 Å². The highest BCUT2D eigenvalue weighted by Crippen LogP contribution is 2.38. The van der Waals surface area contributed by atoms with Gasteiger partial charge in [-0.25, -0.2) is 4.39 Å². The Hall–Kier alpha value is -2.64. The van der Waals surface area contributed by atoms with Crippen molar-refractivity contribution in [3.63, 3.8) is 0 Å². The van der Waals surface area contributed by atoms with Gasteiger partial charge in [0, 0.05) is 24.6 Å². The fourth-order valence-corrected chi connectivity index (χ4v) is 4.20. The van der Waals surface area contributed by atoms with Gasteiger partial charge in [-0.15, -0.1) is 0 Å². The molecule has 0 aliphatic carbocycles. The van der Waals surface area contributed by atoms with Crippen LogP contribution in [-0.2, 0) is 11.2 Å². The molecule has 3 rings (SSSR count). The first-order chi connectivity index (χ1) is 14.7. The van der Waals surface area contributed by atoms with Gasteiger partial charge in [-0.3, -0.25) is 9.59 Å². The maximum absolute atomic E-state index is 14.5. The lowest BCUT2D eigenvalue weighted by Crippen LogP contribution is -2.50. The number of carboxylic acid groups (broad SMARTS) is 1. The molecule has 1 aliphatic rings. The number of carbonyl (C=O) groups is 2. The molecule has 2 aromatic rings. The van der Waals surface area contributed by atoms with Crippen LogP contribution in [0.25, 0.3) is 0 Å². The Labute approximate surface area is 185 Å². The summed E-state index contributed by atoms with van der Waals surface area (Å²) in [7, 11) is 1.47. The number of nitrogens with zero attached hydrogens (tertiary/aromatic N) is 1. The number of hydrogen-bond acceptors (Lipinski definition) is 5. The third-order valence-electron chi connectivity index (χ3n) is 5.74. The Balaban J connectivity index is 2.15. The minimum atomic E-state index is -1.26. The molecule has 8 heteroatoms. The molecule has 0 bridgehead atoms. The highest BCUT2D eigenvalue weighted by molar-refractivity contribution is 6.30. The molecule has 6 nitrogen and oxygen atoms in total. The second kappa shape index (κ2) is 9.24. The molecule has 0 saturated carbocycles. The number of ketones is 1. The zero-order valence-corrected chi connectivity index (χ0v) is 18.3. The van der Waals surface area contributed by atoms with Crippen LogP contribution in [0.4, 0.5) is 10.1 Å². The van der Waals surface area contributed by atoms with Gasteiger partial charge < -0.3 is 19.8 Å². The summed E-state index contributed by atoms with van der Waals surface area (Å²) in [5.41, 5.74) is 1.58. The third-order valence-corrected chi connectivity index (χ3v) is 6.03. The fourth-order valence-electron chi connectivity index (χ4n) is 4.01. The van der Waals surface area contributed by atoms with Gasteiger partial charge in [0.25, 0.3) is 0 Å². The molecule has 1 heterocycles. The number of aliphatic hydroxyl groups is 1. The molecule has 2 N–H and O–H groups in total. The molecule has 0 spiro atoms. The standard InChI is InChI=1S/C23H25ClFNO5/c1-12(2)19(11-27)26-10-16(23(29)30)22(28)15-8-14(20(31-3)9-18(15)26)7-13-5-4-6-17(24)21(13)25/h4-6,8-9,12,16,19,27H,7,10-11H2,1-3H3,(H,29,30)/t16-,19-/m0/s1. The molecule has 1 aliphatic heterocycles. The van der Waals surface area contributed by atoms with Crippen molar-refractivity contribution in [2.45, 2.75) is 26.3 Å². The molecule has 2 aromatic carbocycles. The molecular weight excluding hydrogens is 425 g/mol. The SMILES string of the molecule is COc1cc2c(cc1Cc1cccc(Cl)c1F)C(=O)[C@@H](C(=O)O)CN2[C@@H](CO)C(C)C. The molecule has 0 amide bonds. The number of Topliss-reactive ketones (excluding diaryl/α,β-unsaturated/α-hetero) is 1. The molecule has 0 aromatic heterocycles. The normalized spacial score (nSPS) is 16.9. The van der Waals surface area contributed by atoms with Crippen LogP contribution < -0.4 is 9.64 Å². The van der Waals surface area contributed by atoms with E-state index >= 15 is 0 Å². The van der Waals surface area contributed by atoms with E-state index in [2.05, 4.69) is 0 Å². The first kappa shape index (κ1) is 23.0. The highest BCUT2D eigenvalue weighted by Gasteiger charge is 2.40. The number of anilines is 1. The van der Waals surface area contributed by atoms with Crippen LogP contribution in [0.3, 0.4) is 0 Å². The number of methoxy groups -OCH3 is 1. The third kappa shape index (κ3) is 4.38. The van der Waals surface area contributed by atoms with Gasteiger partial charge in [-0.05, 0) is 29.2 Å². The van der Waals surface area contributed by atoms with Crippen molar-refractivity contribution < 1.29 is 28.9 Å². The van der Waals surface area contributed by atoms with E-state index < -0.39 is 23.5 Å². The molecular formula is C23H25ClFNO5. The van der Waals surface area contributed by atoms with E-state index in [1.807, 2.05) is 13.8 Å². The molecule has 0 radical (unpaired) electrons. The molecule has 0 unspecified atom stereocenters. The number of benzene rings is 2. The quantitative estimate of drug-likeness (QED) is 0.625. The number of hydrogen-bond donors (Lipinski definition) is 2. The van der Waals surface area contributed by atoms with Crippen molar-refractivity contribution in [1.82, 2.24) is 0 Å². The summed E-state index contributed by atoms with van der Waals surface area (Å²) in [5.74, 6) is -3.12. The Kier molecular flexibility index (Phi) is 6.86.